The highest BCUT2D eigenvalue weighted by molar-refractivity contribution is 5.90. The number of halogens is 3. The minimum atomic E-state index is -1.61. The van der Waals surface area contributed by atoms with E-state index in [1.165, 1.54) is 0 Å². The highest BCUT2D eigenvalue weighted by Gasteiger charge is 2.17. The van der Waals surface area contributed by atoms with Crippen LogP contribution < -0.4 is 9.88 Å². The average molecular weight is 317 g/mol. The molecule has 116 valence electrons. The van der Waals surface area contributed by atoms with Gasteiger partial charge in [-0.15, -0.1) is 0 Å². The number of anilines is 1. The summed E-state index contributed by atoms with van der Waals surface area (Å²) >= 11 is 0. The maximum atomic E-state index is 13.5. The van der Waals surface area contributed by atoms with Crippen molar-refractivity contribution in [3.8, 4) is 0 Å². The summed E-state index contributed by atoms with van der Waals surface area (Å²) in [5.74, 6) is -4.87. The van der Waals surface area contributed by atoms with E-state index in [0.717, 1.165) is 22.9 Å². The van der Waals surface area contributed by atoms with Crippen LogP contribution in [-0.4, -0.2) is 5.91 Å². The second-order valence-corrected chi connectivity index (χ2v) is 5.02. The van der Waals surface area contributed by atoms with Gasteiger partial charge >= 0.3 is 0 Å². The predicted octanol–water partition coefficient (Wildman–Crippen LogP) is 3.18. The number of pyridine rings is 1. The van der Waals surface area contributed by atoms with Crippen LogP contribution in [0.5, 0.6) is 0 Å². The Balaban J connectivity index is 1.77. The Labute approximate surface area is 130 Å². The summed E-state index contributed by atoms with van der Waals surface area (Å²) in [6.07, 6.45) is 3.49. The molecule has 1 N–H and O–H groups in total. The molecule has 0 aliphatic heterocycles. The van der Waals surface area contributed by atoms with Crippen LogP contribution in [0.25, 0.3) is 10.8 Å². The van der Waals surface area contributed by atoms with Gasteiger partial charge in [-0.1, -0.05) is 18.2 Å². The molecular weight excluding hydrogens is 305 g/mol. The third kappa shape index (κ3) is 3.15. The largest absolute Gasteiger partial charge is 0.318 e. The van der Waals surface area contributed by atoms with Crippen molar-refractivity contribution in [1.82, 2.24) is 0 Å². The highest BCUT2D eigenvalue weighted by atomic mass is 19.2. The quantitative estimate of drug-likeness (QED) is 0.584. The molecule has 1 heterocycles. The number of rotatable bonds is 3. The van der Waals surface area contributed by atoms with Crippen molar-refractivity contribution in [1.29, 1.82) is 0 Å². The molecule has 6 heteroatoms. The van der Waals surface area contributed by atoms with E-state index < -0.39 is 29.0 Å². The molecule has 0 aliphatic rings. The Hall–Kier alpha value is -2.89. The van der Waals surface area contributed by atoms with Crippen LogP contribution in [0.4, 0.5) is 18.9 Å². The third-order valence-corrected chi connectivity index (χ3v) is 3.38. The fraction of sp³-hybridized carbons (Fsp3) is 0.0588. The molecule has 1 aromatic heterocycles. The Morgan fingerprint density at radius 2 is 1.70 bits per heavy atom. The molecule has 0 bridgehead atoms. The van der Waals surface area contributed by atoms with Gasteiger partial charge in [0.2, 0.25) is 6.54 Å². The van der Waals surface area contributed by atoms with Crippen LogP contribution in [-0.2, 0) is 11.3 Å². The van der Waals surface area contributed by atoms with E-state index in [9.17, 15) is 18.0 Å². The summed E-state index contributed by atoms with van der Waals surface area (Å²) < 4.78 is 41.2. The first kappa shape index (κ1) is 15.0. The minimum absolute atomic E-state index is 0.0801. The predicted molar refractivity (Wildman–Crippen MR) is 79.1 cm³/mol. The van der Waals surface area contributed by atoms with E-state index >= 15 is 0 Å². The Morgan fingerprint density at radius 1 is 0.957 bits per heavy atom. The van der Waals surface area contributed by atoms with E-state index in [1.807, 2.05) is 30.3 Å². The Bertz CT molecular complexity index is 896. The molecule has 3 nitrogen and oxygen atoms in total. The lowest BCUT2D eigenvalue weighted by Crippen LogP contribution is -2.39. The summed E-state index contributed by atoms with van der Waals surface area (Å²) in [6.45, 7) is -0.0801. The molecule has 3 aromatic rings. The van der Waals surface area contributed by atoms with Crippen molar-refractivity contribution in [2.24, 2.45) is 0 Å². The molecule has 0 fully saturated rings. The first-order chi connectivity index (χ1) is 11.0. The van der Waals surface area contributed by atoms with Gasteiger partial charge in [0.15, 0.2) is 29.8 Å². The van der Waals surface area contributed by atoms with Gasteiger partial charge in [0.25, 0.3) is 5.91 Å². The van der Waals surface area contributed by atoms with Gasteiger partial charge in [0, 0.05) is 11.5 Å². The second kappa shape index (κ2) is 6.08. The number of benzene rings is 2. The van der Waals surface area contributed by atoms with Gasteiger partial charge in [-0.2, -0.15) is 4.57 Å². The molecule has 0 aliphatic carbocycles. The van der Waals surface area contributed by atoms with Crippen molar-refractivity contribution >= 4 is 22.4 Å². The van der Waals surface area contributed by atoms with Crippen LogP contribution in [0.2, 0.25) is 0 Å². The van der Waals surface area contributed by atoms with Crippen molar-refractivity contribution < 1.29 is 22.5 Å². The molecule has 0 spiro atoms. The van der Waals surface area contributed by atoms with E-state index in [2.05, 4.69) is 5.32 Å². The van der Waals surface area contributed by atoms with Gasteiger partial charge < -0.3 is 5.32 Å². The third-order valence-electron chi connectivity index (χ3n) is 3.38. The highest BCUT2D eigenvalue weighted by Crippen LogP contribution is 2.19. The number of nitrogens with one attached hydrogen (secondary N) is 1. The summed E-state index contributed by atoms with van der Waals surface area (Å²) in [4.78, 5) is 12.0. The number of fused-ring (bicyclic) bond motifs is 1. The summed E-state index contributed by atoms with van der Waals surface area (Å²) in [7, 11) is 0. The van der Waals surface area contributed by atoms with Crippen LogP contribution in [0.15, 0.2) is 54.9 Å². The van der Waals surface area contributed by atoms with E-state index in [-0.39, 0.29) is 6.54 Å². The number of carbonyl (C=O) groups excluding carboxylic acids is 1. The molecule has 0 saturated carbocycles. The van der Waals surface area contributed by atoms with Crippen LogP contribution >= 0.6 is 0 Å². The van der Waals surface area contributed by atoms with E-state index in [4.69, 9.17) is 0 Å². The first-order valence-corrected chi connectivity index (χ1v) is 6.86. The van der Waals surface area contributed by atoms with Crippen LogP contribution in [0.1, 0.15) is 0 Å². The summed E-state index contributed by atoms with van der Waals surface area (Å²) in [5.41, 5.74) is -0.393. The lowest BCUT2D eigenvalue weighted by atomic mass is 10.2. The molecule has 3 rings (SSSR count). The molecular formula is C17H12F3N2O+. The van der Waals surface area contributed by atoms with Gasteiger partial charge in [0.1, 0.15) is 0 Å². The maximum absolute atomic E-state index is 13.5. The molecule has 1 amide bonds. The fourth-order valence-electron chi connectivity index (χ4n) is 2.25. The van der Waals surface area contributed by atoms with Crippen LogP contribution in [0.3, 0.4) is 0 Å². The number of hydrogen-bond donors (Lipinski definition) is 1. The Kier molecular flexibility index (Phi) is 3.97. The number of nitrogens with zero attached hydrogens (tertiary/aromatic N) is 1. The zero-order valence-electron chi connectivity index (χ0n) is 11.9. The molecule has 0 radical (unpaired) electrons. The normalized spacial score (nSPS) is 10.7. The number of amides is 1. The lowest BCUT2D eigenvalue weighted by molar-refractivity contribution is -0.682. The Morgan fingerprint density at radius 3 is 2.48 bits per heavy atom. The number of hydrogen-bond acceptors (Lipinski definition) is 1. The molecule has 23 heavy (non-hydrogen) atoms. The zero-order valence-corrected chi connectivity index (χ0v) is 11.9. The monoisotopic (exact) mass is 317 g/mol. The number of aromatic nitrogens is 1. The van der Waals surface area contributed by atoms with E-state index in [0.29, 0.717) is 0 Å². The summed E-state index contributed by atoms with van der Waals surface area (Å²) in [5, 5.41) is 4.20. The molecule has 0 unspecified atom stereocenters. The second-order valence-electron chi connectivity index (χ2n) is 5.02. The van der Waals surface area contributed by atoms with Gasteiger partial charge in [-0.3, -0.25) is 4.79 Å². The summed E-state index contributed by atoms with van der Waals surface area (Å²) in [6, 6.07) is 11.2. The van der Waals surface area contributed by atoms with Gasteiger partial charge in [-0.25, -0.2) is 13.2 Å². The maximum Gasteiger partial charge on any atom is 0.290 e. The topological polar surface area (TPSA) is 33.0 Å². The van der Waals surface area contributed by atoms with Gasteiger partial charge in [0.05, 0.1) is 5.69 Å². The molecule has 0 saturated heterocycles. The van der Waals surface area contributed by atoms with Gasteiger partial charge in [-0.05, 0) is 23.6 Å². The smallest absolute Gasteiger partial charge is 0.290 e. The van der Waals surface area contributed by atoms with Crippen LogP contribution in [0, 0.1) is 17.5 Å². The molecule has 2 aromatic carbocycles. The SMILES string of the molecule is O=C(C[n+]1ccc2ccccc2c1)Nc1ccc(F)c(F)c1F. The fourth-order valence-corrected chi connectivity index (χ4v) is 2.25. The average Bonchev–Trinajstić information content (AvgIpc) is 2.55. The zero-order chi connectivity index (χ0) is 16.4. The standard InChI is InChI=1S/C17H11F3N2O/c18-13-5-6-14(17(20)16(13)19)21-15(23)10-22-8-7-11-3-1-2-4-12(11)9-22/h1-9H,10H2/p+1. The lowest BCUT2D eigenvalue weighted by Gasteiger charge is -2.06. The molecule has 0 atom stereocenters. The van der Waals surface area contributed by atoms with Crippen molar-refractivity contribution in [2.45, 2.75) is 6.54 Å². The van der Waals surface area contributed by atoms with Crippen molar-refractivity contribution in [2.75, 3.05) is 5.32 Å². The van der Waals surface area contributed by atoms with E-state index in [1.54, 1.807) is 17.0 Å². The minimum Gasteiger partial charge on any atom is -0.318 e. The van der Waals surface area contributed by atoms with Crippen molar-refractivity contribution in [3.05, 3.63) is 72.3 Å². The van der Waals surface area contributed by atoms with Crippen molar-refractivity contribution in [3.63, 3.8) is 0 Å². The first-order valence-electron chi connectivity index (χ1n) is 6.86. The number of carbonyl (C=O) groups is 1.